The van der Waals surface area contributed by atoms with Crippen LogP contribution in [-0.2, 0) is 6.61 Å². The lowest BCUT2D eigenvalue weighted by atomic mass is 10.0. The SMILES string of the molecule is O=C(O)c1cccc(COc2ccc(-c3ccccc3[N+](=O)[O-])cc2)c1. The van der Waals surface area contributed by atoms with Crippen molar-refractivity contribution < 1.29 is 19.6 Å². The molecule has 0 aliphatic carbocycles. The molecule has 6 heteroatoms. The molecule has 3 rings (SSSR count). The van der Waals surface area contributed by atoms with E-state index in [0.717, 1.165) is 11.1 Å². The predicted octanol–water partition coefficient (Wildman–Crippen LogP) is 4.54. The lowest BCUT2D eigenvalue weighted by molar-refractivity contribution is -0.384. The van der Waals surface area contributed by atoms with Gasteiger partial charge in [0.15, 0.2) is 0 Å². The van der Waals surface area contributed by atoms with Gasteiger partial charge in [0.2, 0.25) is 0 Å². The van der Waals surface area contributed by atoms with E-state index in [1.54, 1.807) is 60.7 Å². The third-order valence-corrected chi connectivity index (χ3v) is 3.85. The lowest BCUT2D eigenvalue weighted by Gasteiger charge is -2.08. The number of ether oxygens (including phenoxy) is 1. The molecule has 0 unspecified atom stereocenters. The molecule has 0 aliphatic heterocycles. The summed E-state index contributed by atoms with van der Waals surface area (Å²) in [6.07, 6.45) is 0. The summed E-state index contributed by atoms with van der Waals surface area (Å²) in [5.41, 5.74) is 2.26. The van der Waals surface area contributed by atoms with Gasteiger partial charge in [0.05, 0.1) is 16.1 Å². The average Bonchev–Trinajstić information content (AvgIpc) is 2.67. The number of rotatable bonds is 6. The van der Waals surface area contributed by atoms with Gasteiger partial charge in [-0.15, -0.1) is 0 Å². The molecule has 0 aromatic heterocycles. The zero-order chi connectivity index (χ0) is 18.5. The average molecular weight is 349 g/mol. The number of hydrogen-bond acceptors (Lipinski definition) is 4. The monoisotopic (exact) mass is 349 g/mol. The zero-order valence-corrected chi connectivity index (χ0v) is 13.7. The van der Waals surface area contributed by atoms with E-state index in [1.165, 1.54) is 12.1 Å². The molecule has 0 aliphatic rings. The number of carbonyl (C=O) groups is 1. The Balaban J connectivity index is 1.74. The van der Waals surface area contributed by atoms with Gasteiger partial charge in [-0.25, -0.2) is 4.79 Å². The van der Waals surface area contributed by atoms with E-state index < -0.39 is 10.9 Å². The summed E-state index contributed by atoms with van der Waals surface area (Å²) >= 11 is 0. The van der Waals surface area contributed by atoms with Crippen LogP contribution in [0, 0.1) is 10.1 Å². The summed E-state index contributed by atoms with van der Waals surface area (Å²) in [5.74, 6) is -0.395. The largest absolute Gasteiger partial charge is 0.489 e. The highest BCUT2D eigenvalue weighted by molar-refractivity contribution is 5.87. The highest BCUT2D eigenvalue weighted by Gasteiger charge is 2.13. The number of hydrogen-bond donors (Lipinski definition) is 1. The third kappa shape index (κ3) is 3.87. The normalized spacial score (nSPS) is 10.3. The number of nitro groups is 1. The van der Waals surface area contributed by atoms with Crippen molar-refractivity contribution in [1.29, 1.82) is 0 Å². The zero-order valence-electron chi connectivity index (χ0n) is 13.7. The predicted molar refractivity (Wildman–Crippen MR) is 96.3 cm³/mol. The van der Waals surface area contributed by atoms with Gasteiger partial charge in [0.1, 0.15) is 12.4 Å². The van der Waals surface area contributed by atoms with E-state index in [4.69, 9.17) is 9.84 Å². The molecule has 0 heterocycles. The second-order valence-electron chi connectivity index (χ2n) is 5.59. The van der Waals surface area contributed by atoms with Crippen molar-refractivity contribution in [2.45, 2.75) is 6.61 Å². The molecule has 0 bridgehead atoms. The molecule has 130 valence electrons. The fourth-order valence-electron chi connectivity index (χ4n) is 2.57. The van der Waals surface area contributed by atoms with Crippen molar-refractivity contribution in [3.05, 3.63) is 94.0 Å². The molecule has 1 N–H and O–H groups in total. The molecule has 0 saturated heterocycles. The maximum Gasteiger partial charge on any atom is 0.335 e. The van der Waals surface area contributed by atoms with Gasteiger partial charge in [-0.1, -0.05) is 36.4 Å². The fraction of sp³-hybridized carbons (Fsp3) is 0.0500. The number of carboxylic acid groups (broad SMARTS) is 1. The summed E-state index contributed by atoms with van der Waals surface area (Å²) in [5, 5.41) is 20.1. The molecule has 0 saturated carbocycles. The minimum Gasteiger partial charge on any atom is -0.489 e. The first-order valence-corrected chi connectivity index (χ1v) is 7.83. The molecule has 3 aromatic rings. The molecule has 3 aromatic carbocycles. The summed E-state index contributed by atoms with van der Waals surface area (Å²) in [6, 6.07) is 20.1. The minimum atomic E-state index is -0.986. The van der Waals surface area contributed by atoms with Crippen LogP contribution in [0.25, 0.3) is 11.1 Å². The Morgan fingerprint density at radius 2 is 1.73 bits per heavy atom. The van der Waals surface area contributed by atoms with Gasteiger partial charge < -0.3 is 9.84 Å². The quantitative estimate of drug-likeness (QED) is 0.521. The Labute approximate surface area is 149 Å². The van der Waals surface area contributed by atoms with Crippen LogP contribution in [0.15, 0.2) is 72.8 Å². The summed E-state index contributed by atoms with van der Waals surface area (Å²) in [4.78, 5) is 21.7. The van der Waals surface area contributed by atoms with Crippen molar-refractivity contribution in [3.63, 3.8) is 0 Å². The van der Waals surface area contributed by atoms with E-state index in [9.17, 15) is 14.9 Å². The lowest BCUT2D eigenvalue weighted by Crippen LogP contribution is -2.00. The van der Waals surface area contributed by atoms with Crippen LogP contribution in [0.1, 0.15) is 15.9 Å². The maximum atomic E-state index is 11.1. The van der Waals surface area contributed by atoms with E-state index >= 15 is 0 Å². The smallest absolute Gasteiger partial charge is 0.335 e. The topological polar surface area (TPSA) is 89.7 Å². The van der Waals surface area contributed by atoms with Gasteiger partial charge in [-0.05, 0) is 41.5 Å². The van der Waals surface area contributed by atoms with Gasteiger partial charge >= 0.3 is 5.97 Å². The maximum absolute atomic E-state index is 11.1. The summed E-state index contributed by atoms with van der Waals surface area (Å²) in [7, 11) is 0. The highest BCUT2D eigenvalue weighted by atomic mass is 16.6. The first kappa shape index (κ1) is 17.2. The first-order valence-electron chi connectivity index (χ1n) is 7.83. The van der Waals surface area contributed by atoms with Crippen molar-refractivity contribution in [2.24, 2.45) is 0 Å². The summed E-state index contributed by atoms with van der Waals surface area (Å²) in [6.45, 7) is 0.228. The Morgan fingerprint density at radius 3 is 2.42 bits per heavy atom. The molecule has 0 radical (unpaired) electrons. The molecule has 0 amide bonds. The second-order valence-corrected chi connectivity index (χ2v) is 5.59. The van der Waals surface area contributed by atoms with Gasteiger partial charge in [0.25, 0.3) is 5.69 Å². The van der Waals surface area contributed by atoms with Crippen LogP contribution in [0.5, 0.6) is 5.75 Å². The van der Waals surface area contributed by atoms with Gasteiger partial charge in [-0.2, -0.15) is 0 Å². The molecular formula is C20H15NO5. The second kappa shape index (κ2) is 7.48. The highest BCUT2D eigenvalue weighted by Crippen LogP contribution is 2.30. The fourth-order valence-corrected chi connectivity index (χ4v) is 2.57. The standard InChI is InChI=1S/C20H15NO5/c22-20(23)16-5-3-4-14(12-16)13-26-17-10-8-15(9-11-17)18-6-1-2-7-19(18)21(24)25/h1-12H,13H2,(H,22,23). The third-order valence-electron chi connectivity index (χ3n) is 3.85. The van der Waals surface area contributed by atoms with Crippen molar-refractivity contribution in [1.82, 2.24) is 0 Å². The number of aromatic carboxylic acids is 1. The van der Waals surface area contributed by atoms with Crippen molar-refractivity contribution in [2.75, 3.05) is 0 Å². The molecule has 0 spiro atoms. The van der Waals surface area contributed by atoms with Gasteiger partial charge in [-0.3, -0.25) is 10.1 Å². The van der Waals surface area contributed by atoms with Crippen LogP contribution >= 0.6 is 0 Å². The Bertz CT molecular complexity index is 950. The Kier molecular flexibility index (Phi) is 4.94. The number of benzene rings is 3. The van der Waals surface area contributed by atoms with E-state index in [1.807, 2.05) is 0 Å². The molecule has 26 heavy (non-hydrogen) atoms. The van der Waals surface area contributed by atoms with Crippen LogP contribution < -0.4 is 4.74 Å². The number of carboxylic acids is 1. The number of nitrogens with zero attached hydrogens (tertiary/aromatic N) is 1. The molecular weight excluding hydrogens is 334 g/mol. The molecule has 0 fully saturated rings. The van der Waals surface area contributed by atoms with E-state index in [0.29, 0.717) is 11.3 Å². The van der Waals surface area contributed by atoms with Crippen LogP contribution in [-0.4, -0.2) is 16.0 Å². The number of nitro benzene ring substituents is 1. The Morgan fingerprint density at radius 1 is 1.00 bits per heavy atom. The van der Waals surface area contributed by atoms with E-state index in [2.05, 4.69) is 0 Å². The van der Waals surface area contributed by atoms with Crippen molar-refractivity contribution in [3.8, 4) is 16.9 Å². The Hall–Kier alpha value is -3.67. The van der Waals surface area contributed by atoms with Gasteiger partial charge in [0, 0.05) is 6.07 Å². The molecule has 6 nitrogen and oxygen atoms in total. The number of para-hydroxylation sites is 1. The first-order chi connectivity index (χ1) is 12.5. The molecule has 0 atom stereocenters. The van der Waals surface area contributed by atoms with E-state index in [-0.39, 0.29) is 17.9 Å². The summed E-state index contributed by atoms with van der Waals surface area (Å²) < 4.78 is 5.67. The van der Waals surface area contributed by atoms with Crippen LogP contribution in [0.2, 0.25) is 0 Å². The minimum absolute atomic E-state index is 0.0478. The van der Waals surface area contributed by atoms with Crippen molar-refractivity contribution >= 4 is 11.7 Å². The van der Waals surface area contributed by atoms with Crippen LogP contribution in [0.4, 0.5) is 5.69 Å². The van der Waals surface area contributed by atoms with Crippen LogP contribution in [0.3, 0.4) is 0 Å².